The molecule has 1 aliphatic heterocycles. The number of hydrogen-bond donors (Lipinski definition) is 1. The zero-order chi connectivity index (χ0) is 20.5. The molecule has 1 heterocycles. The lowest BCUT2D eigenvalue weighted by Gasteiger charge is -2.37. The summed E-state index contributed by atoms with van der Waals surface area (Å²) in [6.45, 7) is 0.174. The predicted octanol–water partition coefficient (Wildman–Crippen LogP) is 4.23. The molecule has 0 saturated heterocycles. The van der Waals surface area contributed by atoms with Crippen LogP contribution in [0.3, 0.4) is 0 Å². The Kier molecular flexibility index (Phi) is 5.26. The molecule has 28 heavy (non-hydrogen) atoms. The number of alkyl halides is 3. The van der Waals surface area contributed by atoms with Gasteiger partial charge in [-0.2, -0.15) is 0 Å². The first-order valence-electron chi connectivity index (χ1n) is 8.33. The molecule has 6 nitrogen and oxygen atoms in total. The van der Waals surface area contributed by atoms with E-state index in [0.717, 1.165) is 11.6 Å². The average Bonchev–Trinajstić information content (AvgIpc) is 2.64. The third-order valence-corrected chi connectivity index (χ3v) is 4.52. The number of fused-ring (bicyclic) bond motifs is 1. The maximum atomic E-state index is 12.6. The van der Waals surface area contributed by atoms with Crippen LogP contribution in [-0.4, -0.2) is 43.2 Å². The number of halogens is 3. The molecule has 1 atom stereocenters. The first-order chi connectivity index (χ1) is 13.2. The molecule has 150 valence electrons. The van der Waals surface area contributed by atoms with Gasteiger partial charge in [0.05, 0.1) is 20.3 Å². The Labute approximate surface area is 159 Å². The van der Waals surface area contributed by atoms with Crippen LogP contribution >= 0.6 is 0 Å². The number of amides is 1. The van der Waals surface area contributed by atoms with Gasteiger partial charge in [-0.25, -0.2) is 4.79 Å². The molecular formula is C19H18F3NO5. The number of ether oxygens (including phenoxy) is 3. The Morgan fingerprint density at radius 2 is 1.89 bits per heavy atom. The molecule has 1 aliphatic rings. The SMILES string of the molecule is COc1cc2c(c(OC)c1)C(c1cccc(OC(F)(F)F)c1)N(C(=O)O)CC2. The smallest absolute Gasteiger partial charge is 0.497 e. The summed E-state index contributed by atoms with van der Waals surface area (Å²) in [7, 11) is 2.94. The Morgan fingerprint density at radius 3 is 2.50 bits per heavy atom. The molecule has 0 aromatic heterocycles. The van der Waals surface area contributed by atoms with Gasteiger partial charge in [0.25, 0.3) is 0 Å². The van der Waals surface area contributed by atoms with Crippen LogP contribution in [0, 0.1) is 0 Å². The van der Waals surface area contributed by atoms with Crippen molar-refractivity contribution in [2.45, 2.75) is 18.8 Å². The van der Waals surface area contributed by atoms with Crippen molar-refractivity contribution in [1.29, 1.82) is 0 Å². The molecule has 9 heteroatoms. The first-order valence-corrected chi connectivity index (χ1v) is 8.33. The second kappa shape index (κ2) is 7.49. The summed E-state index contributed by atoms with van der Waals surface area (Å²) in [5.41, 5.74) is 1.72. The quantitative estimate of drug-likeness (QED) is 0.836. The second-order valence-electron chi connectivity index (χ2n) is 6.15. The van der Waals surface area contributed by atoms with Crippen molar-refractivity contribution in [3.05, 3.63) is 53.1 Å². The summed E-state index contributed by atoms with van der Waals surface area (Å²) >= 11 is 0. The van der Waals surface area contributed by atoms with Crippen LogP contribution in [0.15, 0.2) is 36.4 Å². The Hall–Kier alpha value is -3.10. The van der Waals surface area contributed by atoms with Gasteiger partial charge < -0.3 is 19.3 Å². The van der Waals surface area contributed by atoms with E-state index in [-0.39, 0.29) is 6.54 Å². The number of benzene rings is 2. The van der Waals surface area contributed by atoms with E-state index in [9.17, 15) is 23.1 Å². The lowest BCUT2D eigenvalue weighted by Crippen LogP contribution is -2.40. The van der Waals surface area contributed by atoms with Crippen molar-refractivity contribution in [3.63, 3.8) is 0 Å². The zero-order valence-corrected chi connectivity index (χ0v) is 15.1. The monoisotopic (exact) mass is 397 g/mol. The molecule has 0 spiro atoms. The van der Waals surface area contributed by atoms with Gasteiger partial charge in [-0.1, -0.05) is 12.1 Å². The number of carbonyl (C=O) groups is 1. The summed E-state index contributed by atoms with van der Waals surface area (Å²) in [6, 6.07) is 7.85. The minimum absolute atomic E-state index is 0.174. The molecular weight excluding hydrogens is 379 g/mol. The van der Waals surface area contributed by atoms with Gasteiger partial charge in [0.15, 0.2) is 0 Å². The topological polar surface area (TPSA) is 68.2 Å². The van der Waals surface area contributed by atoms with E-state index in [1.54, 1.807) is 18.2 Å². The summed E-state index contributed by atoms with van der Waals surface area (Å²) in [6.07, 6.45) is -5.61. The molecule has 1 amide bonds. The van der Waals surface area contributed by atoms with Crippen molar-refractivity contribution < 1.29 is 37.3 Å². The van der Waals surface area contributed by atoms with E-state index in [2.05, 4.69) is 4.74 Å². The fourth-order valence-electron chi connectivity index (χ4n) is 3.42. The highest BCUT2D eigenvalue weighted by Gasteiger charge is 2.36. The maximum absolute atomic E-state index is 12.6. The summed E-state index contributed by atoms with van der Waals surface area (Å²) in [5.74, 6) is 0.523. The number of carboxylic acid groups (broad SMARTS) is 1. The van der Waals surface area contributed by atoms with Gasteiger partial charge in [0.1, 0.15) is 17.2 Å². The number of rotatable bonds is 4. The van der Waals surface area contributed by atoms with Crippen molar-refractivity contribution in [2.24, 2.45) is 0 Å². The molecule has 1 N–H and O–H groups in total. The third-order valence-electron chi connectivity index (χ3n) is 4.52. The molecule has 2 aromatic carbocycles. The standard InChI is InChI=1S/C19H18F3NO5/c1-26-14-8-11-6-7-23(18(24)25)17(16(11)15(10-14)27-2)12-4-3-5-13(9-12)28-19(20,21)22/h3-5,8-10,17H,6-7H2,1-2H3,(H,24,25). The van der Waals surface area contributed by atoms with Crippen molar-refractivity contribution in [3.8, 4) is 17.2 Å². The first kappa shape index (κ1) is 19.7. The molecule has 0 radical (unpaired) electrons. The molecule has 0 fully saturated rings. The minimum atomic E-state index is -4.85. The van der Waals surface area contributed by atoms with Crippen molar-refractivity contribution in [2.75, 3.05) is 20.8 Å². The zero-order valence-electron chi connectivity index (χ0n) is 15.1. The van der Waals surface area contributed by atoms with E-state index in [1.807, 2.05) is 0 Å². The van der Waals surface area contributed by atoms with Crippen LogP contribution in [0.2, 0.25) is 0 Å². The van der Waals surface area contributed by atoms with Crippen LogP contribution in [-0.2, 0) is 6.42 Å². The Balaban J connectivity index is 2.15. The van der Waals surface area contributed by atoms with Crippen LogP contribution < -0.4 is 14.2 Å². The minimum Gasteiger partial charge on any atom is -0.497 e. The lowest BCUT2D eigenvalue weighted by molar-refractivity contribution is -0.274. The number of nitrogens with zero attached hydrogens (tertiary/aromatic N) is 1. The van der Waals surface area contributed by atoms with Gasteiger partial charge in [-0.3, -0.25) is 4.90 Å². The fraction of sp³-hybridized carbons (Fsp3) is 0.316. The number of methoxy groups -OCH3 is 2. The van der Waals surface area contributed by atoms with Crippen LogP contribution in [0.1, 0.15) is 22.7 Å². The van der Waals surface area contributed by atoms with Gasteiger partial charge >= 0.3 is 12.5 Å². The summed E-state index contributed by atoms with van der Waals surface area (Å²) in [4.78, 5) is 13.0. The normalized spacial score (nSPS) is 16.3. The van der Waals surface area contributed by atoms with Crippen molar-refractivity contribution in [1.82, 2.24) is 4.90 Å². The summed E-state index contributed by atoms with van der Waals surface area (Å²) < 4.78 is 52.5. The maximum Gasteiger partial charge on any atom is 0.573 e. The van der Waals surface area contributed by atoms with E-state index in [1.165, 1.54) is 31.3 Å². The van der Waals surface area contributed by atoms with E-state index in [0.29, 0.717) is 29.0 Å². The second-order valence-corrected chi connectivity index (χ2v) is 6.15. The predicted molar refractivity (Wildman–Crippen MR) is 92.9 cm³/mol. The van der Waals surface area contributed by atoms with Crippen LogP contribution in [0.25, 0.3) is 0 Å². The number of hydrogen-bond acceptors (Lipinski definition) is 4. The molecule has 0 saturated carbocycles. The van der Waals surface area contributed by atoms with Crippen molar-refractivity contribution >= 4 is 6.09 Å². The fourth-order valence-corrected chi connectivity index (χ4v) is 3.42. The highest BCUT2D eigenvalue weighted by atomic mass is 19.4. The van der Waals surface area contributed by atoms with E-state index < -0.39 is 24.2 Å². The molecule has 0 bridgehead atoms. The third kappa shape index (κ3) is 3.92. The van der Waals surface area contributed by atoms with Crippen LogP contribution in [0.5, 0.6) is 17.2 Å². The average molecular weight is 397 g/mol. The van der Waals surface area contributed by atoms with E-state index >= 15 is 0 Å². The van der Waals surface area contributed by atoms with Gasteiger partial charge in [0, 0.05) is 18.2 Å². The molecule has 1 unspecified atom stereocenters. The van der Waals surface area contributed by atoms with E-state index in [4.69, 9.17) is 9.47 Å². The highest BCUT2D eigenvalue weighted by Crippen LogP contribution is 2.43. The van der Waals surface area contributed by atoms with Gasteiger partial charge in [-0.05, 0) is 35.7 Å². The highest BCUT2D eigenvalue weighted by molar-refractivity contribution is 5.69. The molecule has 0 aliphatic carbocycles. The van der Waals surface area contributed by atoms with Gasteiger partial charge in [-0.15, -0.1) is 13.2 Å². The molecule has 3 rings (SSSR count). The van der Waals surface area contributed by atoms with Gasteiger partial charge in [0.2, 0.25) is 0 Å². The molecule has 2 aromatic rings. The Bertz CT molecular complexity index is 867. The summed E-state index contributed by atoms with van der Waals surface area (Å²) in [5, 5.41) is 9.66. The lowest BCUT2D eigenvalue weighted by atomic mass is 9.87. The largest absolute Gasteiger partial charge is 0.573 e. The van der Waals surface area contributed by atoms with Crippen LogP contribution in [0.4, 0.5) is 18.0 Å². The Morgan fingerprint density at radius 1 is 1.14 bits per heavy atom.